The lowest BCUT2D eigenvalue weighted by atomic mass is 10.1. The first-order chi connectivity index (χ1) is 13.7. The Morgan fingerprint density at radius 1 is 1.07 bits per heavy atom. The third kappa shape index (κ3) is 6.50. The largest absolute Gasteiger partial charge is 0.496 e. The van der Waals surface area contributed by atoms with Crippen molar-refractivity contribution in [1.82, 2.24) is 10.6 Å². The van der Waals surface area contributed by atoms with Gasteiger partial charge in [0.15, 0.2) is 5.96 Å². The first-order valence-electron chi connectivity index (χ1n) is 9.05. The van der Waals surface area contributed by atoms with Crippen molar-refractivity contribution in [3.63, 3.8) is 0 Å². The van der Waals surface area contributed by atoms with Gasteiger partial charge in [-0.2, -0.15) is 0 Å². The van der Waals surface area contributed by atoms with Crippen molar-refractivity contribution >= 4 is 11.9 Å². The fourth-order valence-electron chi connectivity index (χ4n) is 2.53. The molecular weight excluding hydrogens is 358 g/mol. The maximum absolute atomic E-state index is 11.9. The van der Waals surface area contributed by atoms with Gasteiger partial charge in [-0.15, -0.1) is 0 Å². The number of nitrogens with zero attached hydrogens (tertiary/aromatic N) is 1. The van der Waals surface area contributed by atoms with Crippen LogP contribution in [0.5, 0.6) is 11.5 Å². The second-order valence-corrected chi connectivity index (χ2v) is 5.89. The van der Waals surface area contributed by atoms with E-state index in [1.54, 1.807) is 19.2 Å². The van der Waals surface area contributed by atoms with Crippen LogP contribution in [-0.4, -0.2) is 46.3 Å². The van der Waals surface area contributed by atoms with Crippen molar-refractivity contribution < 1.29 is 19.0 Å². The summed E-state index contributed by atoms with van der Waals surface area (Å²) in [5.74, 6) is 1.59. The molecule has 0 aromatic heterocycles. The fourth-order valence-corrected chi connectivity index (χ4v) is 2.53. The minimum Gasteiger partial charge on any atom is -0.496 e. The highest BCUT2D eigenvalue weighted by molar-refractivity contribution is 5.92. The summed E-state index contributed by atoms with van der Waals surface area (Å²) in [6.07, 6.45) is 0.838. The van der Waals surface area contributed by atoms with Gasteiger partial charge < -0.3 is 24.8 Å². The molecule has 0 unspecified atom stereocenters. The van der Waals surface area contributed by atoms with E-state index >= 15 is 0 Å². The van der Waals surface area contributed by atoms with Crippen LogP contribution in [0.25, 0.3) is 0 Å². The van der Waals surface area contributed by atoms with E-state index in [1.807, 2.05) is 36.4 Å². The van der Waals surface area contributed by atoms with Crippen molar-refractivity contribution in [3.05, 3.63) is 59.7 Å². The van der Waals surface area contributed by atoms with E-state index in [9.17, 15) is 4.79 Å². The van der Waals surface area contributed by atoms with E-state index < -0.39 is 5.97 Å². The van der Waals surface area contributed by atoms with Gasteiger partial charge in [0.2, 0.25) is 0 Å². The second kappa shape index (κ2) is 11.5. The molecule has 2 aromatic carbocycles. The van der Waals surface area contributed by atoms with E-state index in [0.717, 1.165) is 24.3 Å². The SMILES string of the molecule is CN=C(NCCCOc1ccccc1)NCc1ccc(OC)c(C(=O)OC)c1. The number of methoxy groups -OCH3 is 2. The lowest BCUT2D eigenvalue weighted by Crippen LogP contribution is -2.37. The van der Waals surface area contributed by atoms with Gasteiger partial charge in [-0.1, -0.05) is 24.3 Å². The average Bonchev–Trinajstić information content (AvgIpc) is 2.75. The minimum atomic E-state index is -0.431. The monoisotopic (exact) mass is 385 g/mol. The Balaban J connectivity index is 1.78. The Morgan fingerprint density at radius 2 is 1.86 bits per heavy atom. The van der Waals surface area contributed by atoms with Crippen LogP contribution in [0.3, 0.4) is 0 Å². The number of carbonyl (C=O) groups excluding carboxylic acids is 1. The molecule has 0 fully saturated rings. The second-order valence-electron chi connectivity index (χ2n) is 5.89. The number of esters is 1. The standard InChI is InChI=1S/C21H27N3O4/c1-22-21(23-12-7-13-28-17-8-5-4-6-9-17)24-15-16-10-11-19(26-2)18(14-16)20(25)27-3/h4-6,8-11,14H,7,12-13,15H2,1-3H3,(H2,22,23,24). The Kier molecular flexibility index (Phi) is 8.65. The highest BCUT2D eigenvalue weighted by atomic mass is 16.5. The van der Waals surface area contributed by atoms with Crippen molar-refractivity contribution in [3.8, 4) is 11.5 Å². The smallest absolute Gasteiger partial charge is 0.341 e. The van der Waals surface area contributed by atoms with Crippen LogP contribution in [-0.2, 0) is 11.3 Å². The summed E-state index contributed by atoms with van der Waals surface area (Å²) in [5.41, 5.74) is 1.31. The van der Waals surface area contributed by atoms with Gasteiger partial charge in [0, 0.05) is 20.1 Å². The number of hydrogen-bond acceptors (Lipinski definition) is 5. The van der Waals surface area contributed by atoms with Crippen molar-refractivity contribution in [2.75, 3.05) is 34.4 Å². The van der Waals surface area contributed by atoms with Gasteiger partial charge in [0.05, 0.1) is 20.8 Å². The van der Waals surface area contributed by atoms with E-state index in [-0.39, 0.29) is 0 Å². The van der Waals surface area contributed by atoms with Crippen LogP contribution in [0.2, 0.25) is 0 Å². The molecule has 7 nitrogen and oxygen atoms in total. The maximum Gasteiger partial charge on any atom is 0.341 e. The van der Waals surface area contributed by atoms with Crippen LogP contribution < -0.4 is 20.1 Å². The molecular formula is C21H27N3O4. The number of para-hydroxylation sites is 1. The third-order valence-corrected chi connectivity index (χ3v) is 3.98. The van der Waals surface area contributed by atoms with Gasteiger partial charge in [0.1, 0.15) is 17.1 Å². The summed E-state index contributed by atoms with van der Waals surface area (Å²) in [5, 5.41) is 6.46. The summed E-state index contributed by atoms with van der Waals surface area (Å²) in [7, 11) is 4.58. The Bertz CT molecular complexity index is 778. The zero-order chi connectivity index (χ0) is 20.2. The quantitative estimate of drug-likeness (QED) is 0.299. The van der Waals surface area contributed by atoms with Gasteiger partial charge >= 0.3 is 5.97 Å². The van der Waals surface area contributed by atoms with Crippen LogP contribution in [0, 0.1) is 0 Å². The topological polar surface area (TPSA) is 81.2 Å². The molecule has 0 saturated carbocycles. The number of hydrogen-bond donors (Lipinski definition) is 2. The average molecular weight is 385 g/mol. The van der Waals surface area contributed by atoms with Gasteiger partial charge in [-0.05, 0) is 36.2 Å². The summed E-state index contributed by atoms with van der Waals surface area (Å²) >= 11 is 0. The number of aliphatic imine (C=N–C) groups is 1. The first-order valence-corrected chi connectivity index (χ1v) is 9.05. The molecule has 2 rings (SSSR count). The number of ether oxygens (including phenoxy) is 3. The highest BCUT2D eigenvalue weighted by Crippen LogP contribution is 2.20. The molecule has 0 saturated heterocycles. The lowest BCUT2D eigenvalue weighted by molar-refractivity contribution is 0.0597. The summed E-state index contributed by atoms with van der Waals surface area (Å²) in [4.78, 5) is 16.1. The summed E-state index contributed by atoms with van der Waals surface area (Å²) in [6, 6.07) is 15.1. The molecule has 0 bridgehead atoms. The third-order valence-electron chi connectivity index (χ3n) is 3.98. The molecule has 150 valence electrons. The lowest BCUT2D eigenvalue weighted by Gasteiger charge is -2.13. The molecule has 2 aromatic rings. The van der Waals surface area contributed by atoms with Crippen molar-refractivity contribution in [1.29, 1.82) is 0 Å². The normalized spacial score (nSPS) is 10.9. The molecule has 0 atom stereocenters. The minimum absolute atomic E-state index is 0.394. The molecule has 2 N–H and O–H groups in total. The van der Waals surface area contributed by atoms with E-state index in [2.05, 4.69) is 15.6 Å². The van der Waals surface area contributed by atoms with E-state index in [0.29, 0.717) is 30.4 Å². The maximum atomic E-state index is 11.9. The number of rotatable bonds is 9. The van der Waals surface area contributed by atoms with E-state index in [1.165, 1.54) is 14.2 Å². The van der Waals surface area contributed by atoms with Gasteiger partial charge in [-0.3, -0.25) is 4.99 Å². The summed E-state index contributed by atoms with van der Waals surface area (Å²) < 4.78 is 15.7. The Morgan fingerprint density at radius 3 is 2.54 bits per heavy atom. The molecule has 0 heterocycles. The predicted octanol–water partition coefficient (Wildman–Crippen LogP) is 2.62. The van der Waals surface area contributed by atoms with Crippen molar-refractivity contribution in [2.24, 2.45) is 4.99 Å². The number of nitrogens with one attached hydrogen (secondary N) is 2. The molecule has 0 aliphatic carbocycles. The molecule has 7 heteroatoms. The van der Waals surface area contributed by atoms with Gasteiger partial charge in [0.25, 0.3) is 0 Å². The number of benzene rings is 2. The van der Waals surface area contributed by atoms with Crippen molar-refractivity contribution in [2.45, 2.75) is 13.0 Å². The molecule has 0 aliphatic heterocycles. The van der Waals surface area contributed by atoms with Crippen LogP contribution in [0.4, 0.5) is 0 Å². The van der Waals surface area contributed by atoms with Crippen LogP contribution in [0.1, 0.15) is 22.3 Å². The zero-order valence-electron chi connectivity index (χ0n) is 16.5. The first kappa shape index (κ1) is 21.1. The number of guanidine groups is 1. The van der Waals surface area contributed by atoms with Gasteiger partial charge in [-0.25, -0.2) is 4.79 Å². The zero-order valence-corrected chi connectivity index (χ0v) is 16.5. The molecule has 0 spiro atoms. The highest BCUT2D eigenvalue weighted by Gasteiger charge is 2.13. The molecule has 0 radical (unpaired) electrons. The number of carbonyl (C=O) groups is 1. The Labute approximate surface area is 165 Å². The molecule has 0 aliphatic rings. The van der Waals surface area contributed by atoms with E-state index in [4.69, 9.17) is 14.2 Å². The fraction of sp³-hybridized carbons (Fsp3) is 0.333. The predicted molar refractivity (Wildman–Crippen MR) is 109 cm³/mol. The van der Waals surface area contributed by atoms with Crippen LogP contribution >= 0.6 is 0 Å². The van der Waals surface area contributed by atoms with Crippen LogP contribution in [0.15, 0.2) is 53.5 Å². The Hall–Kier alpha value is -3.22. The summed E-state index contributed by atoms with van der Waals surface area (Å²) in [6.45, 7) is 1.85. The molecule has 0 amide bonds. The molecule has 28 heavy (non-hydrogen) atoms.